The minimum absolute atomic E-state index is 0.228. The molecule has 0 unspecified atom stereocenters. The average molecular weight is 344 g/mol. The van der Waals surface area contributed by atoms with Crippen LogP contribution in [-0.2, 0) is 14.3 Å². The Morgan fingerprint density at radius 1 is 1.15 bits per heavy atom. The van der Waals surface area contributed by atoms with Gasteiger partial charge < -0.3 is 0 Å². The molecule has 1 atom stereocenters. The van der Waals surface area contributed by atoms with Crippen LogP contribution in [-0.4, -0.2) is 25.1 Å². The van der Waals surface area contributed by atoms with E-state index in [0.717, 1.165) is 6.07 Å². The molecule has 0 aliphatic rings. The standard InChI is InChI=1S/C8H4ClF6NO3S/c9-5-2-1-4(3-16-5)6(7(10,11)12)19-20(17,18)8(13,14)15/h1-3,6H/t6-/m1/s1. The van der Waals surface area contributed by atoms with Crippen LogP contribution in [0.5, 0.6) is 0 Å². The fourth-order valence-electron chi connectivity index (χ4n) is 1.02. The molecule has 0 saturated heterocycles. The SMILES string of the molecule is O=S(=O)(O[C@H](c1ccc(Cl)nc1)C(F)(F)F)C(F)(F)F. The van der Waals surface area contributed by atoms with Gasteiger partial charge in [-0.05, 0) is 6.07 Å². The predicted octanol–water partition coefficient (Wildman–Crippen LogP) is 3.20. The third-order valence-electron chi connectivity index (χ3n) is 1.86. The molecule has 1 aromatic rings. The second kappa shape index (κ2) is 5.37. The Balaban J connectivity index is 3.20. The van der Waals surface area contributed by atoms with Crippen molar-refractivity contribution in [2.75, 3.05) is 0 Å². The first kappa shape index (κ1) is 17.0. The number of hydrogen-bond donors (Lipinski definition) is 0. The summed E-state index contributed by atoms with van der Waals surface area (Å²) < 4.78 is 98.5. The number of nitrogens with zero attached hydrogens (tertiary/aromatic N) is 1. The van der Waals surface area contributed by atoms with Crippen molar-refractivity contribution in [2.24, 2.45) is 0 Å². The Kier molecular flexibility index (Phi) is 4.56. The van der Waals surface area contributed by atoms with Gasteiger partial charge in [0.1, 0.15) is 5.15 Å². The van der Waals surface area contributed by atoms with E-state index >= 15 is 0 Å². The number of halogens is 7. The minimum Gasteiger partial charge on any atom is -0.245 e. The highest BCUT2D eigenvalue weighted by Crippen LogP contribution is 2.39. The van der Waals surface area contributed by atoms with Gasteiger partial charge in [0, 0.05) is 11.8 Å². The van der Waals surface area contributed by atoms with Crippen LogP contribution in [0.4, 0.5) is 26.3 Å². The van der Waals surface area contributed by atoms with Gasteiger partial charge in [-0.2, -0.15) is 34.8 Å². The second-order valence-corrected chi connectivity index (χ2v) is 5.28. The van der Waals surface area contributed by atoms with Crippen LogP contribution in [0.25, 0.3) is 0 Å². The van der Waals surface area contributed by atoms with Crippen molar-refractivity contribution < 1.29 is 38.9 Å². The van der Waals surface area contributed by atoms with Crippen molar-refractivity contribution >= 4 is 21.7 Å². The van der Waals surface area contributed by atoms with E-state index in [1.807, 2.05) is 0 Å². The summed E-state index contributed by atoms with van der Waals surface area (Å²) in [5.74, 6) is 0. The monoisotopic (exact) mass is 343 g/mol. The van der Waals surface area contributed by atoms with Gasteiger partial charge in [-0.25, -0.2) is 9.17 Å². The molecular weight excluding hydrogens is 340 g/mol. The molecule has 12 heteroatoms. The summed E-state index contributed by atoms with van der Waals surface area (Å²) in [6.07, 6.45) is -8.26. The number of pyridine rings is 1. The predicted molar refractivity (Wildman–Crippen MR) is 54.1 cm³/mol. The van der Waals surface area contributed by atoms with E-state index in [-0.39, 0.29) is 5.15 Å². The topological polar surface area (TPSA) is 56.3 Å². The fraction of sp³-hybridized carbons (Fsp3) is 0.375. The van der Waals surface area contributed by atoms with E-state index in [1.165, 1.54) is 0 Å². The van der Waals surface area contributed by atoms with Crippen LogP contribution in [0, 0.1) is 0 Å². The van der Waals surface area contributed by atoms with E-state index < -0.39 is 33.5 Å². The lowest BCUT2D eigenvalue weighted by atomic mass is 10.1. The third kappa shape index (κ3) is 3.96. The Morgan fingerprint density at radius 2 is 1.70 bits per heavy atom. The van der Waals surface area contributed by atoms with Gasteiger partial charge in [-0.15, -0.1) is 0 Å². The number of rotatable bonds is 3. The number of hydrogen-bond acceptors (Lipinski definition) is 4. The first-order chi connectivity index (χ1) is 8.84. The van der Waals surface area contributed by atoms with Crippen molar-refractivity contribution in [3.05, 3.63) is 29.0 Å². The van der Waals surface area contributed by atoms with Gasteiger partial charge in [-0.1, -0.05) is 17.7 Å². The Labute approximate surface area is 113 Å². The lowest BCUT2D eigenvalue weighted by molar-refractivity contribution is -0.200. The first-order valence-corrected chi connectivity index (χ1v) is 6.31. The highest BCUT2D eigenvalue weighted by molar-refractivity contribution is 7.87. The lowest BCUT2D eigenvalue weighted by Crippen LogP contribution is -2.32. The van der Waals surface area contributed by atoms with Gasteiger partial charge in [0.2, 0.25) is 0 Å². The largest absolute Gasteiger partial charge is 0.523 e. The van der Waals surface area contributed by atoms with Crippen LogP contribution in [0.2, 0.25) is 5.15 Å². The minimum atomic E-state index is -6.42. The summed E-state index contributed by atoms with van der Waals surface area (Å²) in [5, 5.41) is -0.228. The van der Waals surface area contributed by atoms with E-state index in [1.54, 1.807) is 0 Å². The van der Waals surface area contributed by atoms with Crippen LogP contribution in [0.1, 0.15) is 11.7 Å². The molecular formula is C8H4ClF6NO3S. The third-order valence-corrected chi connectivity index (χ3v) is 3.09. The molecule has 0 N–H and O–H groups in total. The molecule has 20 heavy (non-hydrogen) atoms. The maximum absolute atomic E-state index is 12.6. The molecule has 0 radical (unpaired) electrons. The molecule has 0 amide bonds. The highest BCUT2D eigenvalue weighted by atomic mass is 35.5. The fourth-order valence-corrected chi connectivity index (χ4v) is 1.72. The molecule has 4 nitrogen and oxygen atoms in total. The molecule has 0 aliphatic heterocycles. The zero-order chi connectivity index (χ0) is 15.8. The molecule has 0 bridgehead atoms. The molecule has 0 fully saturated rings. The summed E-state index contributed by atoms with van der Waals surface area (Å²) in [7, 11) is -6.42. The van der Waals surface area contributed by atoms with E-state index in [4.69, 9.17) is 11.6 Å². The maximum Gasteiger partial charge on any atom is 0.523 e. The highest BCUT2D eigenvalue weighted by Gasteiger charge is 2.54. The summed E-state index contributed by atoms with van der Waals surface area (Å²) in [5.41, 5.74) is -6.91. The smallest absolute Gasteiger partial charge is 0.245 e. The molecule has 0 aliphatic carbocycles. The Morgan fingerprint density at radius 3 is 2.05 bits per heavy atom. The first-order valence-electron chi connectivity index (χ1n) is 4.52. The number of aromatic nitrogens is 1. The van der Waals surface area contributed by atoms with Gasteiger partial charge in [0.15, 0.2) is 6.10 Å². The normalized spacial score (nSPS) is 15.2. The summed E-state index contributed by atoms with van der Waals surface area (Å²) >= 11 is 5.30. The molecule has 0 spiro atoms. The summed E-state index contributed by atoms with van der Waals surface area (Å²) in [6.45, 7) is 0. The van der Waals surface area contributed by atoms with Crippen molar-refractivity contribution in [2.45, 2.75) is 17.8 Å². The van der Waals surface area contributed by atoms with Gasteiger partial charge in [0.25, 0.3) is 0 Å². The Hall–Kier alpha value is -1.07. The van der Waals surface area contributed by atoms with E-state index in [0.29, 0.717) is 12.3 Å². The zero-order valence-corrected chi connectivity index (χ0v) is 10.6. The van der Waals surface area contributed by atoms with Crippen LogP contribution in [0.3, 0.4) is 0 Å². The zero-order valence-electron chi connectivity index (χ0n) is 9.04. The van der Waals surface area contributed by atoms with Crippen LogP contribution >= 0.6 is 11.6 Å². The summed E-state index contributed by atoms with van der Waals surface area (Å²) in [6, 6.07) is 1.50. The van der Waals surface area contributed by atoms with Crippen molar-refractivity contribution in [1.29, 1.82) is 0 Å². The molecule has 0 saturated carbocycles. The lowest BCUT2D eigenvalue weighted by Gasteiger charge is -2.21. The molecule has 1 rings (SSSR count). The van der Waals surface area contributed by atoms with Crippen molar-refractivity contribution in [3.63, 3.8) is 0 Å². The average Bonchev–Trinajstić information content (AvgIpc) is 2.24. The van der Waals surface area contributed by atoms with Gasteiger partial charge >= 0.3 is 21.8 Å². The van der Waals surface area contributed by atoms with E-state index in [2.05, 4.69) is 9.17 Å². The van der Waals surface area contributed by atoms with Crippen LogP contribution in [0.15, 0.2) is 18.3 Å². The number of alkyl halides is 6. The molecule has 1 aromatic heterocycles. The molecule has 0 aromatic carbocycles. The van der Waals surface area contributed by atoms with E-state index in [9.17, 15) is 34.8 Å². The van der Waals surface area contributed by atoms with Crippen molar-refractivity contribution in [1.82, 2.24) is 4.98 Å². The van der Waals surface area contributed by atoms with Gasteiger partial charge in [0.05, 0.1) is 0 Å². The molecule has 1 heterocycles. The summed E-state index contributed by atoms with van der Waals surface area (Å²) in [4.78, 5) is 3.22. The molecule has 114 valence electrons. The maximum atomic E-state index is 12.6. The van der Waals surface area contributed by atoms with Crippen molar-refractivity contribution in [3.8, 4) is 0 Å². The van der Waals surface area contributed by atoms with Gasteiger partial charge in [-0.3, -0.25) is 0 Å². The van der Waals surface area contributed by atoms with Crippen LogP contribution < -0.4 is 0 Å². The second-order valence-electron chi connectivity index (χ2n) is 3.33. The quantitative estimate of drug-likeness (QED) is 0.366. The Bertz CT molecular complexity index is 567.